The van der Waals surface area contributed by atoms with Gasteiger partial charge < -0.3 is 9.84 Å². The summed E-state index contributed by atoms with van der Waals surface area (Å²) >= 11 is 0. The number of carbonyl (C=O) groups excluding carboxylic acids is 1. The summed E-state index contributed by atoms with van der Waals surface area (Å²) < 4.78 is 6.55. The molecule has 0 saturated carbocycles. The van der Waals surface area contributed by atoms with Crippen LogP contribution in [0.4, 0.5) is 0 Å². The average molecular weight is 430 g/mol. The lowest BCUT2D eigenvalue weighted by Gasteiger charge is -2.18. The van der Waals surface area contributed by atoms with Crippen LogP contribution in [-0.2, 0) is 11.3 Å². The van der Waals surface area contributed by atoms with Crippen molar-refractivity contribution in [2.75, 3.05) is 0 Å². The van der Waals surface area contributed by atoms with Gasteiger partial charge in [0.1, 0.15) is 12.6 Å². The topological polar surface area (TPSA) is 116 Å². The van der Waals surface area contributed by atoms with E-state index < -0.39 is 6.04 Å². The Bertz CT molecular complexity index is 1250. The van der Waals surface area contributed by atoms with Crippen LogP contribution in [0.5, 0.6) is 0 Å². The Morgan fingerprint density at radius 2 is 1.84 bits per heavy atom. The molecule has 3 aromatic heterocycles. The Morgan fingerprint density at radius 3 is 2.56 bits per heavy atom. The number of hydrogen-bond acceptors (Lipinski definition) is 7. The van der Waals surface area contributed by atoms with Crippen molar-refractivity contribution in [2.24, 2.45) is 5.92 Å². The van der Waals surface area contributed by atoms with Crippen molar-refractivity contribution in [2.45, 2.75) is 26.4 Å². The molecule has 1 amide bonds. The van der Waals surface area contributed by atoms with Crippen LogP contribution in [0, 0.1) is 5.92 Å². The van der Waals surface area contributed by atoms with E-state index in [2.05, 4.69) is 25.5 Å². The molecule has 9 nitrogen and oxygen atoms in total. The van der Waals surface area contributed by atoms with Gasteiger partial charge in [-0.3, -0.25) is 14.6 Å². The molecule has 4 rings (SSSR count). The van der Waals surface area contributed by atoms with Crippen LogP contribution in [0.2, 0.25) is 0 Å². The first-order valence-corrected chi connectivity index (χ1v) is 10.2. The number of carbonyl (C=O) groups is 1. The van der Waals surface area contributed by atoms with E-state index in [-0.39, 0.29) is 29.8 Å². The van der Waals surface area contributed by atoms with Gasteiger partial charge in [-0.25, -0.2) is 4.68 Å². The molecule has 1 atom stereocenters. The molecule has 3 heterocycles. The van der Waals surface area contributed by atoms with Gasteiger partial charge in [0.25, 0.3) is 5.56 Å². The van der Waals surface area contributed by atoms with Gasteiger partial charge in [0.2, 0.25) is 17.6 Å². The van der Waals surface area contributed by atoms with Crippen molar-refractivity contribution in [1.82, 2.24) is 30.2 Å². The maximum Gasteiger partial charge on any atom is 0.267 e. The molecule has 0 radical (unpaired) electrons. The molecule has 9 heteroatoms. The molecule has 32 heavy (non-hydrogen) atoms. The molecule has 1 aromatic carbocycles. The zero-order chi connectivity index (χ0) is 22.5. The van der Waals surface area contributed by atoms with Crippen molar-refractivity contribution in [3.8, 4) is 22.6 Å². The molecule has 1 unspecified atom stereocenters. The fourth-order valence-electron chi connectivity index (χ4n) is 3.17. The lowest BCUT2D eigenvalue weighted by molar-refractivity contribution is -0.123. The molecule has 1 N–H and O–H groups in total. The third-order valence-electron chi connectivity index (χ3n) is 4.84. The molecule has 0 bridgehead atoms. The van der Waals surface area contributed by atoms with Gasteiger partial charge in [-0.1, -0.05) is 49.3 Å². The first-order chi connectivity index (χ1) is 15.5. The van der Waals surface area contributed by atoms with Crippen molar-refractivity contribution in [3.05, 3.63) is 83.2 Å². The van der Waals surface area contributed by atoms with Crippen molar-refractivity contribution >= 4 is 5.91 Å². The summed E-state index contributed by atoms with van der Waals surface area (Å²) in [4.78, 5) is 33.5. The number of rotatable bonds is 7. The zero-order valence-corrected chi connectivity index (χ0v) is 17.7. The molecule has 162 valence electrons. The molecule has 0 aliphatic carbocycles. The van der Waals surface area contributed by atoms with Crippen molar-refractivity contribution in [1.29, 1.82) is 0 Å². The van der Waals surface area contributed by atoms with E-state index in [0.717, 1.165) is 10.2 Å². The van der Waals surface area contributed by atoms with E-state index in [9.17, 15) is 9.59 Å². The molecule has 0 fully saturated rings. The van der Waals surface area contributed by atoms with E-state index in [1.54, 1.807) is 24.5 Å². The Kier molecular flexibility index (Phi) is 6.16. The number of aromatic nitrogens is 5. The van der Waals surface area contributed by atoms with E-state index in [0.29, 0.717) is 17.1 Å². The number of nitrogens with zero attached hydrogens (tertiary/aromatic N) is 5. The molecule has 0 spiro atoms. The second kappa shape index (κ2) is 9.34. The third kappa shape index (κ3) is 4.77. The van der Waals surface area contributed by atoms with Crippen LogP contribution >= 0.6 is 0 Å². The summed E-state index contributed by atoms with van der Waals surface area (Å²) in [5, 5.41) is 11.2. The predicted octanol–water partition coefficient (Wildman–Crippen LogP) is 2.87. The quantitative estimate of drug-likeness (QED) is 0.479. The fourth-order valence-corrected chi connectivity index (χ4v) is 3.17. The highest BCUT2D eigenvalue weighted by atomic mass is 16.5. The summed E-state index contributed by atoms with van der Waals surface area (Å²) in [7, 11) is 0. The Labute approximate surface area is 184 Å². The molecular formula is C23H22N6O3. The SMILES string of the molecule is CC(C)C(NC(=O)Cn1nc(-c2ccccc2)ccc1=O)c1nc(-c2cccnc2)no1. The lowest BCUT2D eigenvalue weighted by atomic mass is 10.0. The summed E-state index contributed by atoms with van der Waals surface area (Å²) in [6, 6.07) is 15.6. The molecule has 0 aliphatic rings. The normalized spacial score (nSPS) is 12.0. The highest BCUT2D eigenvalue weighted by Crippen LogP contribution is 2.23. The van der Waals surface area contributed by atoms with Crippen LogP contribution in [-0.4, -0.2) is 30.8 Å². The third-order valence-corrected chi connectivity index (χ3v) is 4.84. The maximum atomic E-state index is 12.8. The van der Waals surface area contributed by atoms with Crippen LogP contribution in [0.15, 0.2) is 76.3 Å². The van der Waals surface area contributed by atoms with E-state index in [1.807, 2.05) is 50.2 Å². The van der Waals surface area contributed by atoms with Gasteiger partial charge in [-0.15, -0.1) is 0 Å². The minimum absolute atomic E-state index is 0.0264. The Hall–Kier alpha value is -4.14. The summed E-state index contributed by atoms with van der Waals surface area (Å²) in [6.07, 6.45) is 3.29. The van der Waals surface area contributed by atoms with Crippen molar-refractivity contribution < 1.29 is 9.32 Å². The minimum Gasteiger partial charge on any atom is -0.342 e. The van der Waals surface area contributed by atoms with Gasteiger partial charge in [0.15, 0.2) is 0 Å². The average Bonchev–Trinajstić information content (AvgIpc) is 3.30. The number of nitrogens with one attached hydrogen (secondary N) is 1. The van der Waals surface area contributed by atoms with Crippen LogP contribution in [0.3, 0.4) is 0 Å². The van der Waals surface area contributed by atoms with Gasteiger partial charge >= 0.3 is 0 Å². The smallest absolute Gasteiger partial charge is 0.267 e. The van der Waals surface area contributed by atoms with Gasteiger partial charge in [-0.2, -0.15) is 10.1 Å². The largest absolute Gasteiger partial charge is 0.342 e. The number of pyridine rings is 1. The molecule has 4 aromatic rings. The Balaban J connectivity index is 1.51. The predicted molar refractivity (Wildman–Crippen MR) is 117 cm³/mol. The second-order valence-electron chi connectivity index (χ2n) is 7.57. The molecular weight excluding hydrogens is 408 g/mol. The Morgan fingerprint density at radius 1 is 1.06 bits per heavy atom. The summed E-state index contributed by atoms with van der Waals surface area (Å²) in [5.41, 5.74) is 1.81. The first-order valence-electron chi connectivity index (χ1n) is 10.2. The number of amides is 1. The van der Waals surface area contributed by atoms with E-state index in [1.165, 1.54) is 6.07 Å². The highest BCUT2D eigenvalue weighted by Gasteiger charge is 2.25. The second-order valence-corrected chi connectivity index (χ2v) is 7.57. The molecule has 0 aliphatic heterocycles. The lowest BCUT2D eigenvalue weighted by Crippen LogP contribution is -2.37. The van der Waals surface area contributed by atoms with Gasteiger partial charge in [-0.05, 0) is 24.1 Å². The first kappa shape index (κ1) is 21.1. The number of benzene rings is 1. The van der Waals surface area contributed by atoms with Gasteiger partial charge in [0.05, 0.1) is 5.69 Å². The van der Waals surface area contributed by atoms with Crippen LogP contribution < -0.4 is 10.9 Å². The summed E-state index contributed by atoms with van der Waals surface area (Å²) in [5.74, 6) is 0.262. The van der Waals surface area contributed by atoms with Crippen LogP contribution in [0.1, 0.15) is 25.8 Å². The molecule has 0 saturated heterocycles. The minimum atomic E-state index is -0.520. The zero-order valence-electron chi connectivity index (χ0n) is 17.7. The maximum absolute atomic E-state index is 12.8. The standard InChI is InChI=1S/C23H22N6O3/c1-15(2)21(23-26-22(28-32-23)17-9-6-12-24-13-17)25-19(30)14-29-20(31)11-10-18(27-29)16-7-4-3-5-8-16/h3-13,15,21H,14H2,1-2H3,(H,25,30). The fraction of sp³-hybridized carbons (Fsp3) is 0.217. The summed E-state index contributed by atoms with van der Waals surface area (Å²) in [6.45, 7) is 3.63. The van der Waals surface area contributed by atoms with Crippen molar-refractivity contribution in [3.63, 3.8) is 0 Å². The monoisotopic (exact) mass is 430 g/mol. The van der Waals surface area contributed by atoms with E-state index >= 15 is 0 Å². The van der Waals surface area contributed by atoms with Crippen LogP contribution in [0.25, 0.3) is 22.6 Å². The highest BCUT2D eigenvalue weighted by molar-refractivity contribution is 5.76. The number of hydrogen-bond donors (Lipinski definition) is 1. The van der Waals surface area contributed by atoms with E-state index in [4.69, 9.17) is 4.52 Å². The van der Waals surface area contributed by atoms with Gasteiger partial charge in [0, 0.05) is 29.6 Å².